The molecule has 3 aromatic carbocycles. The van der Waals surface area contributed by atoms with Crippen LogP contribution in [0.1, 0.15) is 0 Å². The molecule has 3 nitrogen and oxygen atoms in total. The molecule has 1 aromatic heterocycles. The molecule has 0 fully saturated rings. The van der Waals surface area contributed by atoms with Gasteiger partial charge < -0.3 is 15.8 Å². The number of anilines is 1. The third-order valence-electron chi connectivity index (χ3n) is 3.82. The van der Waals surface area contributed by atoms with Gasteiger partial charge in [0.25, 0.3) is 0 Å². The standard InChI is InChI=1S/C18H14N2O/c19-13-4-8-16-15-7-3-12(9-17(15)20-18(16)10-13)11-1-5-14(21)6-2-11/h1-10,20-21H,19H2. The molecule has 0 saturated heterocycles. The molecule has 0 atom stereocenters. The number of fused-ring (bicyclic) bond motifs is 3. The third-order valence-corrected chi connectivity index (χ3v) is 3.82. The fourth-order valence-corrected chi connectivity index (χ4v) is 2.76. The highest BCUT2D eigenvalue weighted by molar-refractivity contribution is 6.08. The van der Waals surface area contributed by atoms with Crippen molar-refractivity contribution in [2.45, 2.75) is 0 Å². The third kappa shape index (κ3) is 1.91. The maximum atomic E-state index is 9.38. The molecule has 4 N–H and O–H groups in total. The van der Waals surface area contributed by atoms with Gasteiger partial charge in [0.2, 0.25) is 0 Å². The lowest BCUT2D eigenvalue weighted by atomic mass is 10.0. The summed E-state index contributed by atoms with van der Waals surface area (Å²) in [6.45, 7) is 0. The predicted octanol–water partition coefficient (Wildman–Crippen LogP) is 4.28. The topological polar surface area (TPSA) is 62.0 Å². The summed E-state index contributed by atoms with van der Waals surface area (Å²) in [4.78, 5) is 3.41. The van der Waals surface area contributed by atoms with E-state index >= 15 is 0 Å². The fourth-order valence-electron chi connectivity index (χ4n) is 2.76. The molecule has 0 aliphatic carbocycles. The van der Waals surface area contributed by atoms with Crippen molar-refractivity contribution in [3.63, 3.8) is 0 Å². The lowest BCUT2D eigenvalue weighted by Gasteiger charge is -2.02. The van der Waals surface area contributed by atoms with Crippen LogP contribution in [0, 0.1) is 0 Å². The van der Waals surface area contributed by atoms with Crippen LogP contribution >= 0.6 is 0 Å². The Morgan fingerprint density at radius 2 is 1.33 bits per heavy atom. The maximum Gasteiger partial charge on any atom is 0.115 e. The van der Waals surface area contributed by atoms with E-state index < -0.39 is 0 Å². The van der Waals surface area contributed by atoms with Crippen LogP contribution in [-0.4, -0.2) is 10.1 Å². The number of aromatic nitrogens is 1. The number of hydrogen-bond acceptors (Lipinski definition) is 2. The van der Waals surface area contributed by atoms with Crippen LogP contribution in [0.2, 0.25) is 0 Å². The minimum Gasteiger partial charge on any atom is -0.508 e. The molecule has 0 amide bonds. The van der Waals surface area contributed by atoms with Crippen molar-refractivity contribution in [2.24, 2.45) is 0 Å². The summed E-state index contributed by atoms with van der Waals surface area (Å²) in [5.74, 6) is 0.279. The van der Waals surface area contributed by atoms with Gasteiger partial charge in [0.15, 0.2) is 0 Å². The molecule has 102 valence electrons. The highest BCUT2D eigenvalue weighted by atomic mass is 16.3. The number of phenols is 1. The van der Waals surface area contributed by atoms with Gasteiger partial charge in [0.05, 0.1) is 0 Å². The molecule has 21 heavy (non-hydrogen) atoms. The average molecular weight is 274 g/mol. The van der Waals surface area contributed by atoms with Crippen LogP contribution in [0.5, 0.6) is 5.75 Å². The van der Waals surface area contributed by atoms with Gasteiger partial charge >= 0.3 is 0 Å². The number of aromatic amines is 1. The molecule has 0 aliphatic heterocycles. The van der Waals surface area contributed by atoms with E-state index in [4.69, 9.17) is 5.73 Å². The van der Waals surface area contributed by atoms with Crippen molar-refractivity contribution < 1.29 is 5.11 Å². The highest BCUT2D eigenvalue weighted by Crippen LogP contribution is 2.31. The average Bonchev–Trinajstić information content (AvgIpc) is 2.84. The van der Waals surface area contributed by atoms with E-state index in [2.05, 4.69) is 23.2 Å². The Hall–Kier alpha value is -2.94. The quantitative estimate of drug-likeness (QED) is 0.454. The van der Waals surface area contributed by atoms with Gasteiger partial charge in [-0.15, -0.1) is 0 Å². The first-order valence-electron chi connectivity index (χ1n) is 6.81. The minimum absolute atomic E-state index is 0.279. The second kappa shape index (κ2) is 4.28. The van der Waals surface area contributed by atoms with E-state index in [-0.39, 0.29) is 5.75 Å². The number of H-pyrrole nitrogens is 1. The van der Waals surface area contributed by atoms with E-state index in [1.165, 1.54) is 10.8 Å². The molecule has 1 heterocycles. The number of nitrogens with one attached hydrogen (secondary N) is 1. The fraction of sp³-hybridized carbons (Fsp3) is 0. The zero-order valence-corrected chi connectivity index (χ0v) is 11.3. The largest absolute Gasteiger partial charge is 0.508 e. The Balaban J connectivity index is 1.93. The normalized spacial score (nSPS) is 11.2. The van der Waals surface area contributed by atoms with Gasteiger partial charge in [-0.1, -0.05) is 30.3 Å². The van der Waals surface area contributed by atoms with E-state index in [0.29, 0.717) is 0 Å². The second-order valence-electron chi connectivity index (χ2n) is 5.24. The van der Waals surface area contributed by atoms with Crippen LogP contribution in [0.15, 0.2) is 60.7 Å². The molecular formula is C18H14N2O. The van der Waals surface area contributed by atoms with E-state index in [1.54, 1.807) is 12.1 Å². The summed E-state index contributed by atoms with van der Waals surface area (Å²) in [6.07, 6.45) is 0. The summed E-state index contributed by atoms with van der Waals surface area (Å²) in [7, 11) is 0. The van der Waals surface area contributed by atoms with Gasteiger partial charge in [0, 0.05) is 27.5 Å². The molecule has 3 heteroatoms. The summed E-state index contributed by atoms with van der Waals surface area (Å²) >= 11 is 0. The van der Waals surface area contributed by atoms with Gasteiger partial charge in [-0.25, -0.2) is 0 Å². The molecule has 0 unspecified atom stereocenters. The van der Waals surface area contributed by atoms with E-state index in [1.807, 2.05) is 30.3 Å². The molecule has 0 aliphatic rings. The zero-order chi connectivity index (χ0) is 14.4. The number of rotatable bonds is 1. The first-order chi connectivity index (χ1) is 10.2. The van der Waals surface area contributed by atoms with E-state index in [0.717, 1.165) is 27.8 Å². The van der Waals surface area contributed by atoms with Gasteiger partial charge in [0.1, 0.15) is 5.75 Å². The number of nitrogens with two attached hydrogens (primary N) is 1. The number of nitrogen functional groups attached to an aromatic ring is 1. The lowest BCUT2D eigenvalue weighted by molar-refractivity contribution is 0.475. The number of aromatic hydroxyl groups is 1. The Kier molecular flexibility index (Phi) is 2.42. The van der Waals surface area contributed by atoms with Crippen LogP contribution in [0.3, 0.4) is 0 Å². The van der Waals surface area contributed by atoms with Crippen LogP contribution in [0.25, 0.3) is 32.9 Å². The van der Waals surface area contributed by atoms with Crippen molar-refractivity contribution in [3.05, 3.63) is 60.7 Å². The van der Waals surface area contributed by atoms with E-state index in [9.17, 15) is 5.11 Å². The number of hydrogen-bond donors (Lipinski definition) is 3. The van der Waals surface area contributed by atoms with Gasteiger partial charge in [-0.3, -0.25) is 0 Å². The van der Waals surface area contributed by atoms with Crippen molar-refractivity contribution in [1.82, 2.24) is 4.98 Å². The zero-order valence-electron chi connectivity index (χ0n) is 11.3. The monoisotopic (exact) mass is 274 g/mol. The maximum absolute atomic E-state index is 9.38. The first kappa shape index (κ1) is 11.9. The number of phenolic OH excluding ortho intramolecular Hbond substituents is 1. The van der Waals surface area contributed by atoms with Crippen molar-refractivity contribution in [2.75, 3.05) is 5.73 Å². The Morgan fingerprint density at radius 1 is 0.714 bits per heavy atom. The van der Waals surface area contributed by atoms with Crippen molar-refractivity contribution in [3.8, 4) is 16.9 Å². The summed E-state index contributed by atoms with van der Waals surface area (Å²) in [5, 5.41) is 11.7. The Labute approximate surface area is 121 Å². The molecule has 4 rings (SSSR count). The number of benzene rings is 3. The smallest absolute Gasteiger partial charge is 0.115 e. The van der Waals surface area contributed by atoms with Crippen LogP contribution < -0.4 is 5.73 Å². The first-order valence-corrected chi connectivity index (χ1v) is 6.81. The highest BCUT2D eigenvalue weighted by Gasteiger charge is 2.06. The van der Waals surface area contributed by atoms with Crippen molar-refractivity contribution >= 4 is 27.5 Å². The molecular weight excluding hydrogens is 260 g/mol. The molecule has 0 spiro atoms. The SMILES string of the molecule is Nc1ccc2c(c1)[nH]c1cc(-c3ccc(O)cc3)ccc12. The molecule has 0 bridgehead atoms. The Bertz CT molecular complexity index is 952. The summed E-state index contributed by atoms with van der Waals surface area (Å²) in [5.41, 5.74) is 10.9. The molecule has 0 saturated carbocycles. The van der Waals surface area contributed by atoms with Gasteiger partial charge in [-0.2, -0.15) is 0 Å². The summed E-state index contributed by atoms with van der Waals surface area (Å²) < 4.78 is 0. The molecule has 4 aromatic rings. The van der Waals surface area contributed by atoms with Crippen LogP contribution in [0.4, 0.5) is 5.69 Å². The predicted molar refractivity (Wildman–Crippen MR) is 87.3 cm³/mol. The minimum atomic E-state index is 0.279. The van der Waals surface area contributed by atoms with Gasteiger partial charge in [-0.05, 0) is 41.5 Å². The van der Waals surface area contributed by atoms with Crippen LogP contribution in [-0.2, 0) is 0 Å². The molecule has 0 radical (unpaired) electrons. The van der Waals surface area contributed by atoms with Crippen molar-refractivity contribution in [1.29, 1.82) is 0 Å². The second-order valence-corrected chi connectivity index (χ2v) is 5.24. The summed E-state index contributed by atoms with van der Waals surface area (Å²) in [6, 6.07) is 19.5. The Morgan fingerprint density at radius 3 is 2.10 bits per heavy atom. The lowest BCUT2D eigenvalue weighted by Crippen LogP contribution is -1.81.